The van der Waals surface area contributed by atoms with Crippen molar-refractivity contribution in [3.8, 4) is 0 Å². The van der Waals surface area contributed by atoms with Gasteiger partial charge in [-0.25, -0.2) is 0 Å². The van der Waals surface area contributed by atoms with Gasteiger partial charge in [0, 0.05) is 25.7 Å². The van der Waals surface area contributed by atoms with Crippen molar-refractivity contribution in [1.29, 1.82) is 0 Å². The molecule has 0 radical (unpaired) electrons. The molecule has 1 saturated carbocycles. The average molecular weight is 228 g/mol. The van der Waals surface area contributed by atoms with Crippen LogP contribution in [0.4, 0.5) is 0 Å². The zero-order chi connectivity index (χ0) is 11.4. The van der Waals surface area contributed by atoms with Crippen LogP contribution >= 0.6 is 0 Å². The van der Waals surface area contributed by atoms with Crippen molar-refractivity contribution in [2.45, 2.75) is 43.9 Å². The van der Waals surface area contributed by atoms with Gasteiger partial charge in [0.1, 0.15) is 0 Å². The van der Waals surface area contributed by atoms with Gasteiger partial charge in [-0.05, 0) is 32.7 Å². The summed E-state index contributed by atoms with van der Waals surface area (Å²) in [6, 6.07) is 0.583. The Balaban J connectivity index is 1.63. The van der Waals surface area contributed by atoms with Gasteiger partial charge in [0.25, 0.3) is 0 Å². The first-order valence-electron chi connectivity index (χ1n) is 6.45. The van der Waals surface area contributed by atoms with E-state index >= 15 is 0 Å². The summed E-state index contributed by atoms with van der Waals surface area (Å²) < 4.78 is 5.71. The number of aliphatic hydroxyl groups is 1. The summed E-state index contributed by atoms with van der Waals surface area (Å²) in [4.78, 5) is 2.32. The Bertz CT molecular complexity index is 205. The molecule has 16 heavy (non-hydrogen) atoms. The van der Waals surface area contributed by atoms with Crippen LogP contribution < -0.4 is 5.32 Å². The molecule has 2 rings (SSSR count). The Morgan fingerprint density at radius 2 is 2.06 bits per heavy atom. The fraction of sp³-hybridized carbons (Fsp3) is 1.00. The lowest BCUT2D eigenvalue weighted by Crippen LogP contribution is -2.47. The maximum Gasteiger partial charge on any atom is 0.0826 e. The van der Waals surface area contributed by atoms with Crippen molar-refractivity contribution in [1.82, 2.24) is 10.2 Å². The van der Waals surface area contributed by atoms with Gasteiger partial charge in [0.15, 0.2) is 0 Å². The molecule has 2 fully saturated rings. The first-order valence-corrected chi connectivity index (χ1v) is 6.45. The van der Waals surface area contributed by atoms with Crippen LogP contribution in [0, 0.1) is 0 Å². The van der Waals surface area contributed by atoms with Gasteiger partial charge in [-0.2, -0.15) is 0 Å². The van der Waals surface area contributed by atoms with Crippen molar-refractivity contribution in [2.75, 3.05) is 33.3 Å². The topological polar surface area (TPSA) is 44.7 Å². The van der Waals surface area contributed by atoms with Crippen LogP contribution in [0.2, 0.25) is 0 Å². The Labute approximate surface area is 98.0 Å². The molecule has 4 nitrogen and oxygen atoms in total. The van der Waals surface area contributed by atoms with Gasteiger partial charge in [-0.15, -0.1) is 0 Å². The predicted octanol–water partition coefficient (Wildman–Crippen LogP) is 0.210. The third-order valence-electron chi connectivity index (χ3n) is 3.67. The summed E-state index contributed by atoms with van der Waals surface area (Å²) in [7, 11) is 2.15. The quantitative estimate of drug-likeness (QED) is 0.725. The maximum absolute atomic E-state index is 9.42. The van der Waals surface area contributed by atoms with E-state index in [2.05, 4.69) is 17.3 Å². The third-order valence-corrected chi connectivity index (χ3v) is 3.67. The number of ether oxygens (including phenoxy) is 1. The lowest BCUT2D eigenvalue weighted by molar-refractivity contribution is -0.0203. The van der Waals surface area contributed by atoms with E-state index in [1.165, 1.54) is 0 Å². The molecule has 94 valence electrons. The number of aliphatic hydroxyl groups excluding tert-OH is 1. The molecule has 0 aromatic heterocycles. The van der Waals surface area contributed by atoms with Gasteiger partial charge < -0.3 is 20.1 Å². The predicted molar refractivity (Wildman–Crippen MR) is 63.5 cm³/mol. The van der Waals surface area contributed by atoms with E-state index in [1.54, 1.807) is 0 Å². The van der Waals surface area contributed by atoms with Crippen LogP contribution in [0.15, 0.2) is 0 Å². The number of morpholine rings is 1. The Kier molecular flexibility index (Phi) is 4.58. The summed E-state index contributed by atoms with van der Waals surface area (Å²) >= 11 is 0. The minimum absolute atomic E-state index is 0.0601. The molecule has 1 heterocycles. The number of rotatable bonds is 3. The molecule has 0 aromatic rings. The second-order valence-corrected chi connectivity index (χ2v) is 5.17. The summed E-state index contributed by atoms with van der Waals surface area (Å²) in [5.41, 5.74) is 0. The van der Waals surface area contributed by atoms with Gasteiger partial charge in [0.2, 0.25) is 0 Å². The molecule has 0 spiro atoms. The van der Waals surface area contributed by atoms with Crippen LogP contribution in [0.3, 0.4) is 0 Å². The van der Waals surface area contributed by atoms with E-state index in [0.29, 0.717) is 12.1 Å². The van der Waals surface area contributed by atoms with Crippen molar-refractivity contribution >= 4 is 0 Å². The third kappa shape index (κ3) is 3.70. The van der Waals surface area contributed by atoms with Crippen molar-refractivity contribution in [2.24, 2.45) is 0 Å². The largest absolute Gasteiger partial charge is 0.393 e. The second kappa shape index (κ2) is 5.96. The molecule has 1 saturated heterocycles. The fourth-order valence-corrected chi connectivity index (χ4v) is 2.57. The molecule has 0 bridgehead atoms. The first-order chi connectivity index (χ1) is 7.74. The lowest BCUT2D eigenvalue weighted by Gasteiger charge is -2.32. The van der Waals surface area contributed by atoms with E-state index in [-0.39, 0.29) is 6.10 Å². The van der Waals surface area contributed by atoms with Crippen LogP contribution in [-0.2, 0) is 4.74 Å². The van der Waals surface area contributed by atoms with Gasteiger partial charge in [-0.3, -0.25) is 0 Å². The molecule has 1 aliphatic carbocycles. The molecule has 0 aromatic carbocycles. The Morgan fingerprint density at radius 1 is 1.31 bits per heavy atom. The minimum Gasteiger partial charge on any atom is -0.393 e. The highest BCUT2D eigenvalue weighted by Gasteiger charge is 2.22. The van der Waals surface area contributed by atoms with Gasteiger partial charge in [0.05, 0.1) is 18.8 Å². The zero-order valence-corrected chi connectivity index (χ0v) is 10.2. The highest BCUT2D eigenvalue weighted by Crippen LogP contribution is 2.18. The molecular weight excluding hydrogens is 204 g/mol. The summed E-state index contributed by atoms with van der Waals surface area (Å²) in [6.45, 7) is 3.88. The highest BCUT2D eigenvalue weighted by molar-refractivity contribution is 4.79. The van der Waals surface area contributed by atoms with E-state index in [0.717, 1.165) is 51.9 Å². The smallest absolute Gasteiger partial charge is 0.0826 e. The van der Waals surface area contributed by atoms with E-state index in [4.69, 9.17) is 4.74 Å². The van der Waals surface area contributed by atoms with Crippen molar-refractivity contribution in [3.63, 3.8) is 0 Å². The van der Waals surface area contributed by atoms with Crippen molar-refractivity contribution < 1.29 is 9.84 Å². The molecule has 1 unspecified atom stereocenters. The van der Waals surface area contributed by atoms with Crippen LogP contribution in [0.5, 0.6) is 0 Å². The number of likely N-dealkylation sites (N-methyl/N-ethyl adjacent to an activating group) is 1. The summed E-state index contributed by atoms with van der Waals surface area (Å²) in [5.74, 6) is 0. The molecule has 0 amide bonds. The molecule has 2 aliphatic rings. The molecule has 2 N–H and O–H groups in total. The summed E-state index contributed by atoms with van der Waals surface area (Å²) in [6.07, 6.45) is 4.38. The van der Waals surface area contributed by atoms with E-state index in [9.17, 15) is 5.11 Å². The lowest BCUT2D eigenvalue weighted by atomic mass is 9.93. The fourth-order valence-electron chi connectivity index (χ4n) is 2.57. The number of nitrogens with zero attached hydrogens (tertiary/aromatic N) is 1. The average Bonchev–Trinajstić information content (AvgIpc) is 2.28. The monoisotopic (exact) mass is 228 g/mol. The molecule has 1 aliphatic heterocycles. The zero-order valence-electron chi connectivity index (χ0n) is 10.2. The summed E-state index contributed by atoms with van der Waals surface area (Å²) in [5, 5.41) is 13.0. The first kappa shape index (κ1) is 12.3. The van der Waals surface area contributed by atoms with Crippen LogP contribution in [-0.4, -0.2) is 61.5 Å². The SMILES string of the molecule is CN1CCOC(CNC2CCC(O)CC2)C1. The number of hydrogen-bond acceptors (Lipinski definition) is 4. The number of hydrogen-bond donors (Lipinski definition) is 2. The van der Waals surface area contributed by atoms with Crippen LogP contribution in [0.1, 0.15) is 25.7 Å². The highest BCUT2D eigenvalue weighted by atomic mass is 16.5. The van der Waals surface area contributed by atoms with Gasteiger partial charge >= 0.3 is 0 Å². The normalized spacial score (nSPS) is 37.5. The van der Waals surface area contributed by atoms with E-state index in [1.807, 2.05) is 0 Å². The standard InChI is InChI=1S/C12H24N2O2/c1-14-6-7-16-12(9-14)8-13-10-2-4-11(15)5-3-10/h10-13,15H,2-9H2,1H3. The minimum atomic E-state index is -0.0601. The van der Waals surface area contributed by atoms with Gasteiger partial charge in [-0.1, -0.05) is 0 Å². The molecule has 4 heteroatoms. The van der Waals surface area contributed by atoms with Crippen LogP contribution in [0.25, 0.3) is 0 Å². The molecule has 1 atom stereocenters. The Hall–Kier alpha value is -0.160. The second-order valence-electron chi connectivity index (χ2n) is 5.17. The van der Waals surface area contributed by atoms with E-state index < -0.39 is 0 Å². The maximum atomic E-state index is 9.42. The van der Waals surface area contributed by atoms with Crippen molar-refractivity contribution in [3.05, 3.63) is 0 Å². The Morgan fingerprint density at radius 3 is 2.75 bits per heavy atom. The number of nitrogens with one attached hydrogen (secondary N) is 1. The molecular formula is C12H24N2O2.